The van der Waals surface area contributed by atoms with Crippen molar-refractivity contribution in [1.29, 1.82) is 0 Å². The second-order valence-electron chi connectivity index (χ2n) is 9.05. The standard InChI is InChI=1S/C23H34O9/c1-13(2)7-19(25)31-18-9-17-16(10-29-15(5)24)11-30-22(32-20(26)8-14(3)4)21(17)23(18,27)12-28-6/h9,11,13-14,18,21-22,27H,7-8,10,12H2,1-6H3/t18-,21+,22-,23+/m0/s1. The van der Waals surface area contributed by atoms with E-state index in [4.69, 9.17) is 23.7 Å². The van der Waals surface area contributed by atoms with Gasteiger partial charge >= 0.3 is 17.9 Å². The van der Waals surface area contributed by atoms with E-state index < -0.39 is 41.8 Å². The molecule has 0 aromatic carbocycles. The van der Waals surface area contributed by atoms with Gasteiger partial charge in [-0.15, -0.1) is 0 Å². The van der Waals surface area contributed by atoms with Gasteiger partial charge < -0.3 is 28.8 Å². The number of ether oxygens (including phenoxy) is 5. The molecule has 0 radical (unpaired) electrons. The van der Waals surface area contributed by atoms with Crippen LogP contribution < -0.4 is 0 Å². The van der Waals surface area contributed by atoms with Gasteiger partial charge in [0.1, 0.15) is 12.2 Å². The molecule has 2 rings (SSSR count). The van der Waals surface area contributed by atoms with Crippen molar-refractivity contribution in [2.24, 2.45) is 17.8 Å². The lowest BCUT2D eigenvalue weighted by molar-refractivity contribution is -0.215. The Morgan fingerprint density at radius 1 is 1.09 bits per heavy atom. The van der Waals surface area contributed by atoms with Crippen molar-refractivity contribution in [1.82, 2.24) is 0 Å². The summed E-state index contributed by atoms with van der Waals surface area (Å²) in [4.78, 5) is 36.0. The zero-order valence-electron chi connectivity index (χ0n) is 19.6. The van der Waals surface area contributed by atoms with E-state index in [9.17, 15) is 19.5 Å². The van der Waals surface area contributed by atoms with Crippen molar-refractivity contribution < 1.29 is 43.2 Å². The molecule has 9 heteroatoms. The van der Waals surface area contributed by atoms with Crippen molar-refractivity contribution in [3.05, 3.63) is 23.5 Å². The molecule has 0 spiro atoms. The molecule has 1 N–H and O–H groups in total. The first kappa shape index (κ1) is 25.9. The summed E-state index contributed by atoms with van der Waals surface area (Å²) < 4.78 is 27.1. The molecule has 0 unspecified atom stereocenters. The quantitative estimate of drug-likeness (QED) is 0.392. The van der Waals surface area contributed by atoms with Crippen LogP contribution in [0.5, 0.6) is 0 Å². The Kier molecular flexibility index (Phi) is 8.86. The molecule has 0 fully saturated rings. The molecule has 0 aromatic heterocycles. The Morgan fingerprint density at radius 3 is 2.22 bits per heavy atom. The number of carbonyl (C=O) groups is 3. The molecule has 1 aliphatic heterocycles. The van der Waals surface area contributed by atoms with Gasteiger partial charge in [-0.25, -0.2) is 0 Å². The number of rotatable bonds is 10. The van der Waals surface area contributed by atoms with Crippen molar-refractivity contribution >= 4 is 17.9 Å². The van der Waals surface area contributed by atoms with Gasteiger partial charge in [0.25, 0.3) is 6.29 Å². The summed E-state index contributed by atoms with van der Waals surface area (Å²) >= 11 is 0. The third kappa shape index (κ3) is 6.32. The summed E-state index contributed by atoms with van der Waals surface area (Å²) in [6.07, 6.45) is 1.04. The maximum atomic E-state index is 12.4. The van der Waals surface area contributed by atoms with Gasteiger partial charge in [-0.1, -0.05) is 27.7 Å². The third-order valence-electron chi connectivity index (χ3n) is 5.15. The van der Waals surface area contributed by atoms with Gasteiger partial charge in [-0.05, 0) is 23.5 Å². The van der Waals surface area contributed by atoms with Crippen molar-refractivity contribution in [3.63, 3.8) is 0 Å². The van der Waals surface area contributed by atoms with Gasteiger partial charge in [0.05, 0.1) is 18.8 Å². The lowest BCUT2D eigenvalue weighted by Crippen LogP contribution is -2.55. The summed E-state index contributed by atoms with van der Waals surface area (Å²) in [7, 11) is 1.40. The third-order valence-corrected chi connectivity index (χ3v) is 5.15. The average molecular weight is 455 g/mol. The SMILES string of the molecule is COC[C@@]1(O)[C@@H](OC(=O)CC(C)C)C=C2C(COC(C)=O)=CO[C@@H](OC(=O)CC(C)C)[C@@H]21. The van der Waals surface area contributed by atoms with E-state index in [1.54, 1.807) is 6.08 Å². The van der Waals surface area contributed by atoms with Gasteiger partial charge in [0.15, 0.2) is 6.10 Å². The summed E-state index contributed by atoms with van der Waals surface area (Å²) in [5.74, 6) is -2.22. The zero-order valence-corrected chi connectivity index (χ0v) is 19.6. The number of esters is 3. The van der Waals surface area contributed by atoms with Gasteiger partial charge in [0.2, 0.25) is 0 Å². The summed E-state index contributed by atoms with van der Waals surface area (Å²) in [6.45, 7) is 8.48. The van der Waals surface area contributed by atoms with E-state index in [1.807, 2.05) is 27.7 Å². The zero-order chi connectivity index (χ0) is 24.1. The van der Waals surface area contributed by atoms with E-state index in [0.29, 0.717) is 11.1 Å². The van der Waals surface area contributed by atoms with Crippen molar-refractivity contribution in [3.8, 4) is 0 Å². The highest BCUT2D eigenvalue weighted by atomic mass is 16.7. The van der Waals surface area contributed by atoms with Crippen molar-refractivity contribution in [2.75, 3.05) is 20.3 Å². The molecule has 0 aromatic rings. The van der Waals surface area contributed by atoms with Crippen LogP contribution in [0.2, 0.25) is 0 Å². The minimum absolute atomic E-state index is 0.0712. The first-order valence-electron chi connectivity index (χ1n) is 10.8. The molecule has 180 valence electrons. The molecule has 0 saturated carbocycles. The Hall–Kier alpha value is -2.39. The minimum Gasteiger partial charge on any atom is -0.461 e. The first-order valence-corrected chi connectivity index (χ1v) is 10.8. The van der Waals surface area contributed by atoms with Crippen LogP contribution in [0, 0.1) is 17.8 Å². The second kappa shape index (κ2) is 11.0. The van der Waals surface area contributed by atoms with Crippen LogP contribution in [0.1, 0.15) is 47.5 Å². The first-order chi connectivity index (χ1) is 15.0. The highest BCUT2D eigenvalue weighted by Gasteiger charge is 2.58. The van der Waals surface area contributed by atoms with Crippen molar-refractivity contribution in [2.45, 2.75) is 65.5 Å². The monoisotopic (exact) mass is 454 g/mol. The molecular formula is C23H34O9. The molecule has 2 aliphatic rings. The summed E-state index contributed by atoms with van der Waals surface area (Å²) in [5.41, 5.74) is -0.769. The predicted molar refractivity (Wildman–Crippen MR) is 113 cm³/mol. The molecular weight excluding hydrogens is 420 g/mol. The Morgan fingerprint density at radius 2 is 1.69 bits per heavy atom. The predicted octanol–water partition coefficient (Wildman–Crippen LogP) is 2.27. The van der Waals surface area contributed by atoms with E-state index in [1.165, 1.54) is 20.3 Å². The van der Waals surface area contributed by atoms with Gasteiger partial charge in [0, 0.05) is 32.4 Å². The number of hydrogen-bond acceptors (Lipinski definition) is 9. The van der Waals surface area contributed by atoms with Crippen LogP contribution in [-0.4, -0.2) is 61.3 Å². The maximum absolute atomic E-state index is 12.4. The fourth-order valence-electron chi connectivity index (χ4n) is 3.81. The Balaban J connectivity index is 2.39. The van der Waals surface area contributed by atoms with E-state index >= 15 is 0 Å². The minimum atomic E-state index is -1.75. The lowest BCUT2D eigenvalue weighted by atomic mass is 9.82. The van der Waals surface area contributed by atoms with Crippen LogP contribution in [0.3, 0.4) is 0 Å². The van der Waals surface area contributed by atoms with E-state index in [-0.39, 0.29) is 37.9 Å². The van der Waals surface area contributed by atoms with Crippen LogP contribution in [0.25, 0.3) is 0 Å². The van der Waals surface area contributed by atoms with Crippen LogP contribution in [0.4, 0.5) is 0 Å². The van der Waals surface area contributed by atoms with E-state index in [0.717, 1.165) is 0 Å². The summed E-state index contributed by atoms with van der Waals surface area (Å²) in [6, 6.07) is 0. The fourth-order valence-corrected chi connectivity index (χ4v) is 3.81. The highest BCUT2D eigenvalue weighted by molar-refractivity contribution is 5.71. The highest BCUT2D eigenvalue weighted by Crippen LogP contribution is 2.47. The van der Waals surface area contributed by atoms with Crippen LogP contribution in [-0.2, 0) is 38.1 Å². The van der Waals surface area contributed by atoms with Crippen LogP contribution in [0.15, 0.2) is 23.5 Å². The molecule has 4 atom stereocenters. The van der Waals surface area contributed by atoms with E-state index in [2.05, 4.69) is 0 Å². The Labute approximate surface area is 188 Å². The maximum Gasteiger partial charge on any atom is 0.309 e. The summed E-state index contributed by atoms with van der Waals surface area (Å²) in [5, 5.41) is 11.6. The topological polar surface area (TPSA) is 118 Å². The van der Waals surface area contributed by atoms with Gasteiger partial charge in [-0.2, -0.15) is 0 Å². The molecule has 0 bridgehead atoms. The second-order valence-corrected chi connectivity index (χ2v) is 9.05. The van der Waals surface area contributed by atoms with Crippen LogP contribution >= 0.6 is 0 Å². The number of aliphatic hydroxyl groups is 1. The largest absolute Gasteiger partial charge is 0.461 e. The molecule has 0 amide bonds. The molecule has 9 nitrogen and oxygen atoms in total. The molecule has 1 aliphatic carbocycles. The lowest BCUT2D eigenvalue weighted by Gasteiger charge is -2.40. The van der Waals surface area contributed by atoms with Gasteiger partial charge in [-0.3, -0.25) is 14.4 Å². The number of fused-ring (bicyclic) bond motifs is 1. The molecule has 1 heterocycles. The molecule has 32 heavy (non-hydrogen) atoms. The number of methoxy groups -OCH3 is 1. The normalized spacial score (nSPS) is 26.7. The number of carbonyl (C=O) groups excluding carboxylic acids is 3. The average Bonchev–Trinajstić information content (AvgIpc) is 2.92. The Bertz CT molecular complexity index is 767. The fraction of sp³-hybridized carbons (Fsp3) is 0.696. The molecule has 0 saturated heterocycles. The number of hydrogen-bond donors (Lipinski definition) is 1. The smallest absolute Gasteiger partial charge is 0.309 e.